The minimum Gasteiger partial charge on any atom is -0.363 e. The first kappa shape index (κ1) is 7.43. The molecule has 3 heteroatoms. The zero-order valence-electron chi connectivity index (χ0n) is 5.22. The van der Waals surface area contributed by atoms with Gasteiger partial charge in [0.05, 0.1) is 0 Å². The Morgan fingerprint density at radius 1 is 1.75 bits per heavy atom. The normalized spacial score (nSPS) is 9.88. The van der Waals surface area contributed by atoms with Crippen LogP contribution in [0, 0.1) is 0 Å². The molecule has 0 aromatic rings. The molecule has 0 fully saturated rings. The Kier molecular flexibility index (Phi) is 3.20. The van der Waals surface area contributed by atoms with Crippen molar-refractivity contribution < 1.29 is 4.79 Å². The zero-order chi connectivity index (χ0) is 6.57. The van der Waals surface area contributed by atoms with Crippen molar-refractivity contribution in [2.75, 3.05) is 0 Å². The fourth-order valence-corrected chi connectivity index (χ4v) is 0.316. The quantitative estimate of drug-likeness (QED) is 0.410. The molecule has 0 amide bonds. The van der Waals surface area contributed by atoms with Crippen molar-refractivity contribution in [3.63, 3.8) is 0 Å². The lowest BCUT2D eigenvalue weighted by atomic mass is 9.62. The van der Waals surface area contributed by atoms with Crippen molar-refractivity contribution in [3.05, 3.63) is 12.2 Å². The topological polar surface area (TPSA) is 43.1 Å². The fraction of sp³-hybridized carbons (Fsp3) is 0.400. The van der Waals surface area contributed by atoms with E-state index in [9.17, 15) is 4.79 Å². The van der Waals surface area contributed by atoms with Crippen LogP contribution >= 0.6 is 0 Å². The molecule has 0 bridgehead atoms. The van der Waals surface area contributed by atoms with Crippen LogP contribution in [-0.4, -0.2) is 12.5 Å². The van der Waals surface area contributed by atoms with Crippen LogP contribution in [0.1, 0.15) is 6.92 Å². The van der Waals surface area contributed by atoms with Gasteiger partial charge in [0.25, 0.3) is 6.85 Å². The monoisotopic (exact) mass is 111 g/mol. The van der Waals surface area contributed by atoms with Crippen LogP contribution in [0.4, 0.5) is 0 Å². The molecule has 0 atom stereocenters. The van der Waals surface area contributed by atoms with Crippen molar-refractivity contribution in [1.82, 2.24) is 0 Å². The Bertz CT molecular complexity index is 109. The summed E-state index contributed by atoms with van der Waals surface area (Å²) >= 11 is 0. The molecule has 0 unspecified atom stereocenters. The molecule has 0 radical (unpaired) electrons. The standard InChI is InChI=1S/C5H10BNO/c1-3-4-5(8)6(2)7/h3-4H,7H2,1-2H3/b4-3+. The largest absolute Gasteiger partial charge is 0.363 e. The molecule has 0 saturated heterocycles. The van der Waals surface area contributed by atoms with Gasteiger partial charge in [0.15, 0.2) is 0 Å². The van der Waals surface area contributed by atoms with Crippen LogP contribution in [-0.2, 0) is 4.79 Å². The third kappa shape index (κ3) is 2.58. The summed E-state index contributed by atoms with van der Waals surface area (Å²) in [5.41, 5.74) is 5.20. The molecule has 0 aromatic heterocycles. The van der Waals surface area contributed by atoms with E-state index < -0.39 is 0 Å². The summed E-state index contributed by atoms with van der Waals surface area (Å²) in [6.45, 7) is 3.11. The number of rotatable bonds is 2. The van der Waals surface area contributed by atoms with E-state index in [2.05, 4.69) is 0 Å². The van der Waals surface area contributed by atoms with E-state index in [1.54, 1.807) is 19.8 Å². The van der Waals surface area contributed by atoms with Gasteiger partial charge < -0.3 is 10.4 Å². The summed E-state index contributed by atoms with van der Waals surface area (Å²) in [5, 5.41) is 0. The Balaban J connectivity index is 3.66. The second kappa shape index (κ2) is 3.44. The molecular formula is C5H10BNO. The van der Waals surface area contributed by atoms with E-state index in [-0.39, 0.29) is 12.5 Å². The third-order valence-corrected chi connectivity index (χ3v) is 0.780. The Hall–Kier alpha value is -0.565. The SMILES string of the molecule is C/C=C/C(=O)B(C)N. The highest BCUT2D eigenvalue weighted by Crippen LogP contribution is 1.77. The van der Waals surface area contributed by atoms with E-state index in [0.29, 0.717) is 0 Å². The van der Waals surface area contributed by atoms with Crippen molar-refractivity contribution in [2.24, 2.45) is 5.64 Å². The lowest BCUT2D eigenvalue weighted by molar-refractivity contribution is -0.108. The molecule has 0 aliphatic heterocycles. The predicted molar refractivity (Wildman–Crippen MR) is 35.6 cm³/mol. The lowest BCUT2D eigenvalue weighted by Gasteiger charge is -1.89. The number of carbonyl (C=O) groups excluding carboxylic acids is 1. The van der Waals surface area contributed by atoms with E-state index in [0.717, 1.165) is 0 Å². The van der Waals surface area contributed by atoms with Gasteiger partial charge in [-0.3, -0.25) is 0 Å². The molecular weight excluding hydrogens is 101 g/mol. The predicted octanol–water partition coefficient (Wildman–Crippen LogP) is 0.251. The van der Waals surface area contributed by atoms with Gasteiger partial charge in [-0.1, -0.05) is 12.9 Å². The van der Waals surface area contributed by atoms with Gasteiger partial charge in [0.1, 0.15) is 5.68 Å². The molecule has 0 saturated carbocycles. The Labute approximate surface area is 49.9 Å². The number of nitrogens with two attached hydrogens (primary N) is 1. The zero-order valence-corrected chi connectivity index (χ0v) is 5.22. The first-order chi connectivity index (χ1) is 3.68. The summed E-state index contributed by atoms with van der Waals surface area (Å²) in [7, 11) is 0. The van der Waals surface area contributed by atoms with Crippen LogP contribution < -0.4 is 5.64 Å². The smallest absolute Gasteiger partial charge is 0.300 e. The van der Waals surface area contributed by atoms with Crippen molar-refractivity contribution in [2.45, 2.75) is 13.7 Å². The minimum atomic E-state index is -0.355. The lowest BCUT2D eigenvalue weighted by Crippen LogP contribution is -2.30. The van der Waals surface area contributed by atoms with E-state index in [1.165, 1.54) is 6.08 Å². The molecule has 0 heterocycles. The summed E-state index contributed by atoms with van der Waals surface area (Å²) in [6.07, 6.45) is 3.16. The van der Waals surface area contributed by atoms with Gasteiger partial charge >= 0.3 is 0 Å². The number of hydrogen-bond acceptors (Lipinski definition) is 2. The molecule has 0 aliphatic rings. The minimum absolute atomic E-state index is 0.0208. The number of carbonyl (C=O) groups is 1. The van der Waals surface area contributed by atoms with Crippen molar-refractivity contribution in [1.29, 1.82) is 0 Å². The highest BCUT2D eigenvalue weighted by atomic mass is 16.1. The second-order valence-corrected chi connectivity index (χ2v) is 1.69. The molecule has 0 rings (SSSR count). The van der Waals surface area contributed by atoms with Crippen LogP contribution in [0.5, 0.6) is 0 Å². The number of allylic oxidation sites excluding steroid dienone is 2. The van der Waals surface area contributed by atoms with E-state index >= 15 is 0 Å². The van der Waals surface area contributed by atoms with Gasteiger partial charge in [-0.15, -0.1) is 0 Å². The molecule has 0 aliphatic carbocycles. The highest BCUT2D eigenvalue weighted by molar-refractivity contribution is 6.88. The molecule has 0 aromatic carbocycles. The maximum Gasteiger partial charge on any atom is 0.300 e. The first-order valence-corrected chi connectivity index (χ1v) is 2.60. The Morgan fingerprint density at radius 3 is 2.38 bits per heavy atom. The third-order valence-electron chi connectivity index (χ3n) is 0.780. The summed E-state index contributed by atoms with van der Waals surface area (Å²) in [6, 6.07) is 0. The summed E-state index contributed by atoms with van der Waals surface area (Å²) < 4.78 is 0. The van der Waals surface area contributed by atoms with Crippen LogP contribution in [0.2, 0.25) is 6.82 Å². The van der Waals surface area contributed by atoms with Gasteiger partial charge in [-0.05, 0) is 13.0 Å². The molecule has 0 spiro atoms. The van der Waals surface area contributed by atoms with Crippen molar-refractivity contribution in [3.8, 4) is 0 Å². The second-order valence-electron chi connectivity index (χ2n) is 1.69. The van der Waals surface area contributed by atoms with E-state index in [4.69, 9.17) is 5.64 Å². The van der Waals surface area contributed by atoms with Crippen molar-refractivity contribution >= 4 is 12.5 Å². The van der Waals surface area contributed by atoms with Gasteiger partial charge in [-0.2, -0.15) is 0 Å². The molecule has 2 nitrogen and oxygen atoms in total. The molecule has 2 N–H and O–H groups in total. The van der Waals surface area contributed by atoms with Gasteiger partial charge in [0.2, 0.25) is 0 Å². The van der Waals surface area contributed by atoms with Crippen LogP contribution in [0.15, 0.2) is 12.2 Å². The molecule has 8 heavy (non-hydrogen) atoms. The van der Waals surface area contributed by atoms with Gasteiger partial charge in [-0.25, -0.2) is 0 Å². The van der Waals surface area contributed by atoms with Gasteiger partial charge in [0, 0.05) is 0 Å². The maximum absolute atomic E-state index is 10.5. The average molecular weight is 111 g/mol. The number of hydrogen-bond donors (Lipinski definition) is 1. The summed E-state index contributed by atoms with van der Waals surface area (Å²) in [5.74, 6) is 0. The Morgan fingerprint density at radius 2 is 2.25 bits per heavy atom. The fourth-order valence-electron chi connectivity index (χ4n) is 0.316. The average Bonchev–Trinajstić information content (AvgIpc) is 1.67. The van der Waals surface area contributed by atoms with Crippen LogP contribution in [0.3, 0.4) is 0 Å². The van der Waals surface area contributed by atoms with E-state index in [1.807, 2.05) is 0 Å². The first-order valence-electron chi connectivity index (χ1n) is 2.60. The van der Waals surface area contributed by atoms with Crippen LogP contribution in [0.25, 0.3) is 0 Å². The molecule has 44 valence electrons. The maximum atomic E-state index is 10.5. The highest BCUT2D eigenvalue weighted by Gasteiger charge is 2.06. The summed E-state index contributed by atoms with van der Waals surface area (Å²) in [4.78, 5) is 10.5.